The van der Waals surface area contributed by atoms with Crippen molar-refractivity contribution in [2.75, 3.05) is 11.5 Å². The summed E-state index contributed by atoms with van der Waals surface area (Å²) in [7, 11) is -6.09. The molecule has 0 atom stereocenters. The zero-order valence-corrected chi connectivity index (χ0v) is 20.3. The fraction of sp³-hybridized carbons (Fsp3) is 0.682. The van der Waals surface area contributed by atoms with Crippen molar-refractivity contribution < 1.29 is 26.1 Å². The number of benzene rings is 1. The Bertz CT molecular complexity index is 798. The molecule has 0 bridgehead atoms. The summed E-state index contributed by atoms with van der Waals surface area (Å²) in [6.45, 7) is 2.31. The molecule has 9 heteroatoms. The Balaban J connectivity index is 0.000000366. The standard InChI is InChI=1S/C21H31S2.CHF3O3S/c1-2-3-4-6-17-7-9-18(10-8-17)19-11-13-20(14-12-19)21-22-15-5-16-23-21;2-1(3,4)8(5,6)7/h11-14,17-18H,2-10,15-16H2,1H3;(H,5,6,7)/q+1;/p-1. The number of thioether (sulfide) groups is 1. The zero-order chi connectivity index (χ0) is 22.9. The maximum Gasteiger partial charge on any atom is 0.485 e. The average molecular weight is 497 g/mol. The summed E-state index contributed by atoms with van der Waals surface area (Å²) in [6, 6.07) is 9.59. The van der Waals surface area contributed by atoms with Gasteiger partial charge in [-0.3, -0.25) is 0 Å². The van der Waals surface area contributed by atoms with Crippen LogP contribution in [0, 0.1) is 5.92 Å². The van der Waals surface area contributed by atoms with Gasteiger partial charge >= 0.3 is 5.51 Å². The minimum Gasteiger partial charge on any atom is -0.741 e. The first-order valence-electron chi connectivity index (χ1n) is 10.9. The van der Waals surface area contributed by atoms with Gasteiger partial charge in [0.05, 0.1) is 0 Å². The van der Waals surface area contributed by atoms with Crippen LogP contribution in [0.4, 0.5) is 13.2 Å². The van der Waals surface area contributed by atoms with Crippen LogP contribution in [0.15, 0.2) is 24.3 Å². The van der Waals surface area contributed by atoms with Crippen LogP contribution < -0.4 is 0 Å². The van der Waals surface area contributed by atoms with Crippen molar-refractivity contribution >= 4 is 37.4 Å². The molecule has 1 aromatic rings. The lowest BCUT2D eigenvalue weighted by molar-refractivity contribution is -0.0517. The van der Waals surface area contributed by atoms with Gasteiger partial charge in [0, 0.05) is 17.7 Å². The molecular weight excluding hydrogens is 465 g/mol. The van der Waals surface area contributed by atoms with Crippen LogP contribution in [-0.2, 0) is 21.5 Å². The van der Waals surface area contributed by atoms with Gasteiger partial charge in [-0.1, -0.05) is 56.5 Å². The Labute approximate surface area is 192 Å². The molecule has 0 saturated heterocycles. The van der Waals surface area contributed by atoms with Crippen LogP contribution in [0.5, 0.6) is 0 Å². The predicted octanol–water partition coefficient (Wildman–Crippen LogP) is 6.29. The molecule has 0 unspecified atom stereocenters. The Morgan fingerprint density at radius 2 is 1.71 bits per heavy atom. The predicted molar refractivity (Wildman–Crippen MR) is 124 cm³/mol. The Morgan fingerprint density at radius 3 is 2.19 bits per heavy atom. The van der Waals surface area contributed by atoms with E-state index in [1.807, 2.05) is 23.1 Å². The molecule has 0 amide bonds. The number of hydrogen-bond acceptors (Lipinski definition) is 4. The summed E-state index contributed by atoms with van der Waals surface area (Å²) < 4.78 is 60.4. The second-order valence-electron chi connectivity index (χ2n) is 8.07. The van der Waals surface area contributed by atoms with Crippen LogP contribution in [0.25, 0.3) is 0 Å². The van der Waals surface area contributed by atoms with Crippen molar-refractivity contribution in [3.05, 3.63) is 35.4 Å². The minimum absolute atomic E-state index is 0.822. The monoisotopic (exact) mass is 496 g/mol. The third-order valence-electron chi connectivity index (χ3n) is 5.72. The van der Waals surface area contributed by atoms with Crippen molar-refractivity contribution in [3.8, 4) is 0 Å². The Hall–Kier alpha value is -0.640. The lowest BCUT2D eigenvalue weighted by atomic mass is 9.77. The van der Waals surface area contributed by atoms with E-state index in [2.05, 4.69) is 31.2 Å². The highest BCUT2D eigenvalue weighted by atomic mass is 32.2. The van der Waals surface area contributed by atoms with Gasteiger partial charge < -0.3 is 4.55 Å². The van der Waals surface area contributed by atoms with Crippen molar-refractivity contribution in [2.45, 2.75) is 76.1 Å². The molecule has 1 aliphatic carbocycles. The van der Waals surface area contributed by atoms with Gasteiger partial charge in [0.1, 0.15) is 0 Å². The molecule has 1 heterocycles. The van der Waals surface area contributed by atoms with Gasteiger partial charge in [-0.15, -0.1) is 0 Å². The number of hydrogen-bond donors (Lipinski definition) is 0. The maximum atomic E-state index is 10.7. The second kappa shape index (κ2) is 12.6. The number of halogens is 3. The normalized spacial score (nSPS) is 22.3. The Kier molecular flexibility index (Phi) is 10.8. The topological polar surface area (TPSA) is 57.2 Å². The molecule has 1 aliphatic heterocycles. The molecule has 0 N–H and O–H groups in total. The summed E-state index contributed by atoms with van der Waals surface area (Å²) >= 11 is 4.09. The molecule has 0 aromatic heterocycles. The fourth-order valence-corrected chi connectivity index (χ4v) is 6.53. The minimum atomic E-state index is -6.09. The highest BCUT2D eigenvalue weighted by molar-refractivity contribution is 8.23. The molecule has 1 aromatic carbocycles. The molecule has 31 heavy (non-hydrogen) atoms. The SMILES string of the molecule is CCCCCC1CCC(c2ccc(C3=[S+]CCCS3)cc2)CC1.O=S(=O)([O-])C(F)(F)F. The lowest BCUT2D eigenvalue weighted by Gasteiger charge is -2.29. The first-order valence-corrected chi connectivity index (χ1v) is 14.2. The van der Waals surface area contributed by atoms with Gasteiger partial charge in [0.2, 0.25) is 0 Å². The highest BCUT2D eigenvalue weighted by Crippen LogP contribution is 2.38. The van der Waals surface area contributed by atoms with Gasteiger partial charge in [0.25, 0.3) is 4.20 Å². The first-order chi connectivity index (χ1) is 14.6. The van der Waals surface area contributed by atoms with Gasteiger partial charge in [0.15, 0.2) is 27.2 Å². The zero-order valence-electron chi connectivity index (χ0n) is 17.8. The van der Waals surface area contributed by atoms with E-state index in [9.17, 15) is 13.2 Å². The molecule has 0 radical (unpaired) electrons. The van der Waals surface area contributed by atoms with Crippen molar-refractivity contribution in [1.29, 1.82) is 0 Å². The van der Waals surface area contributed by atoms with Crippen molar-refractivity contribution in [2.24, 2.45) is 5.92 Å². The van der Waals surface area contributed by atoms with Crippen molar-refractivity contribution in [1.82, 2.24) is 0 Å². The molecule has 2 aliphatic rings. The van der Waals surface area contributed by atoms with E-state index in [4.69, 9.17) is 13.0 Å². The summed E-state index contributed by atoms with van der Waals surface area (Å²) in [5.74, 6) is 4.43. The van der Waals surface area contributed by atoms with Gasteiger partial charge in [-0.05, 0) is 55.2 Å². The molecule has 3 nitrogen and oxygen atoms in total. The van der Waals surface area contributed by atoms with Crippen LogP contribution in [0.3, 0.4) is 0 Å². The van der Waals surface area contributed by atoms with Gasteiger partial charge in [-0.25, -0.2) is 8.42 Å². The molecule has 0 spiro atoms. The fourth-order valence-electron chi connectivity index (χ4n) is 3.96. The first kappa shape index (κ1) is 26.6. The van der Waals surface area contributed by atoms with E-state index in [1.54, 1.807) is 9.76 Å². The maximum absolute atomic E-state index is 10.7. The molecule has 1 saturated carbocycles. The lowest BCUT2D eigenvalue weighted by Crippen LogP contribution is -2.21. The highest BCUT2D eigenvalue weighted by Gasteiger charge is 2.37. The number of rotatable bonds is 6. The molecule has 3 rings (SSSR count). The van der Waals surface area contributed by atoms with E-state index in [0.29, 0.717) is 0 Å². The van der Waals surface area contributed by atoms with E-state index in [1.165, 1.54) is 74.9 Å². The quantitative estimate of drug-likeness (QED) is 0.153. The van der Waals surface area contributed by atoms with Gasteiger partial charge in [-0.2, -0.15) is 13.2 Å². The van der Waals surface area contributed by atoms with E-state index in [-0.39, 0.29) is 0 Å². The average Bonchev–Trinajstić information content (AvgIpc) is 2.74. The third-order valence-corrected chi connectivity index (χ3v) is 8.97. The van der Waals surface area contributed by atoms with Crippen LogP contribution >= 0.6 is 11.8 Å². The van der Waals surface area contributed by atoms with Crippen molar-refractivity contribution in [3.63, 3.8) is 0 Å². The third kappa shape index (κ3) is 9.02. The summed E-state index contributed by atoms with van der Waals surface area (Å²) in [5, 5.41) is 0. The van der Waals surface area contributed by atoms with E-state index in [0.717, 1.165) is 11.8 Å². The second-order valence-corrected chi connectivity index (χ2v) is 11.9. The molecule has 1 fully saturated rings. The molecular formula is C22H31F3O3S3. The van der Waals surface area contributed by atoms with E-state index < -0.39 is 15.6 Å². The summed E-state index contributed by atoms with van der Waals surface area (Å²) in [4.78, 5) is 0. The number of alkyl halides is 3. The van der Waals surface area contributed by atoms with E-state index >= 15 is 0 Å². The largest absolute Gasteiger partial charge is 0.741 e. The van der Waals surface area contributed by atoms with Crippen LogP contribution in [0.1, 0.15) is 81.8 Å². The Morgan fingerprint density at radius 1 is 1.10 bits per heavy atom. The number of unbranched alkanes of at least 4 members (excludes halogenated alkanes) is 2. The summed E-state index contributed by atoms with van der Waals surface area (Å²) in [5.41, 5.74) is -2.60. The smallest absolute Gasteiger partial charge is 0.485 e. The van der Waals surface area contributed by atoms with Crippen LogP contribution in [-0.4, -0.2) is 34.2 Å². The summed E-state index contributed by atoms with van der Waals surface area (Å²) in [6.07, 6.45) is 12.8. The molecule has 176 valence electrons. The van der Waals surface area contributed by atoms with Crippen LogP contribution in [0.2, 0.25) is 0 Å².